The summed E-state index contributed by atoms with van der Waals surface area (Å²) in [4.78, 5) is 41.4. The van der Waals surface area contributed by atoms with Gasteiger partial charge in [0, 0.05) is 11.1 Å². The zero-order chi connectivity index (χ0) is 22.1. The van der Waals surface area contributed by atoms with Gasteiger partial charge in [0.05, 0.1) is 25.1 Å². The van der Waals surface area contributed by atoms with Crippen LogP contribution in [0.4, 0.5) is 18.9 Å². The van der Waals surface area contributed by atoms with Crippen LogP contribution >= 0.6 is 11.6 Å². The maximum atomic E-state index is 13.3. The molecule has 1 aliphatic heterocycles. The molecule has 2 heterocycles. The number of benzene rings is 1. The molecule has 0 saturated carbocycles. The Labute approximate surface area is 169 Å². The Balaban J connectivity index is 2.06. The summed E-state index contributed by atoms with van der Waals surface area (Å²) in [5.41, 5.74) is -3.01. The van der Waals surface area contributed by atoms with Gasteiger partial charge in [0.25, 0.3) is 5.56 Å². The Bertz CT molecular complexity index is 1230. The number of aromatic nitrogens is 2. The summed E-state index contributed by atoms with van der Waals surface area (Å²) in [6, 6.07) is 3.47. The molecule has 0 unspecified atom stereocenters. The first-order chi connectivity index (χ1) is 14.1. The molecule has 0 atom stereocenters. The molecular formula is C17H7ClF3N5O4. The highest BCUT2D eigenvalue weighted by molar-refractivity contribution is 6.41. The second-order valence-corrected chi connectivity index (χ2v) is 6.15. The van der Waals surface area contributed by atoms with Crippen molar-refractivity contribution in [3.63, 3.8) is 0 Å². The first-order valence-corrected chi connectivity index (χ1v) is 8.19. The normalized spacial score (nSPS) is 13.8. The second-order valence-electron chi connectivity index (χ2n) is 5.72. The molecule has 1 aromatic carbocycles. The largest absolute Gasteiger partial charge is 0.451 e. The Hall–Kier alpha value is -3.85. The molecule has 1 amide bonds. The lowest BCUT2D eigenvalue weighted by Gasteiger charge is -2.15. The highest BCUT2D eigenvalue weighted by atomic mass is 35.5. The zero-order valence-electron chi connectivity index (χ0n) is 14.5. The van der Waals surface area contributed by atoms with E-state index in [-0.39, 0.29) is 22.2 Å². The molecule has 152 valence electrons. The summed E-state index contributed by atoms with van der Waals surface area (Å²) in [5.74, 6) is -3.56. The van der Waals surface area contributed by atoms with Crippen molar-refractivity contribution in [2.75, 3.05) is 0 Å². The number of hydrogen-bond donors (Lipinski definition) is 0. The van der Waals surface area contributed by atoms with E-state index in [0.29, 0.717) is 10.9 Å². The number of ether oxygens (including phenoxy) is 1. The van der Waals surface area contributed by atoms with Crippen LogP contribution in [0.5, 0.6) is 11.5 Å². The minimum atomic E-state index is -5.03. The Morgan fingerprint density at radius 2 is 1.90 bits per heavy atom. The van der Waals surface area contributed by atoms with Gasteiger partial charge in [-0.25, -0.2) is 9.83 Å². The second kappa shape index (κ2) is 7.88. The fourth-order valence-electron chi connectivity index (χ4n) is 2.32. The molecule has 2 aromatic rings. The quantitative estimate of drug-likeness (QED) is 0.535. The summed E-state index contributed by atoms with van der Waals surface area (Å²) >= 11 is 5.82. The van der Waals surface area contributed by atoms with E-state index in [4.69, 9.17) is 22.9 Å². The number of carbonyl (C=O) groups excluding carboxylic acids is 2. The fourth-order valence-corrected chi connectivity index (χ4v) is 2.54. The first kappa shape index (κ1) is 20.9. The number of azo groups is 1. The molecule has 1 aromatic heterocycles. The lowest BCUT2D eigenvalue weighted by atomic mass is 10.2. The number of allylic oxidation sites excluding steroid dienone is 1. The predicted octanol–water partition coefficient (Wildman–Crippen LogP) is 3.70. The van der Waals surface area contributed by atoms with E-state index in [0.717, 1.165) is 18.2 Å². The van der Waals surface area contributed by atoms with Gasteiger partial charge < -0.3 is 4.74 Å². The maximum absolute atomic E-state index is 13.3. The van der Waals surface area contributed by atoms with Gasteiger partial charge in [-0.05, 0) is 18.2 Å². The summed E-state index contributed by atoms with van der Waals surface area (Å²) < 4.78 is 45.9. The van der Waals surface area contributed by atoms with Crippen LogP contribution in [0.15, 0.2) is 51.3 Å². The predicted molar refractivity (Wildman–Crippen MR) is 94.2 cm³/mol. The number of nitrogens with zero attached hydrogens (tertiary/aromatic N) is 5. The van der Waals surface area contributed by atoms with Crippen LogP contribution in [0, 0.1) is 6.57 Å². The van der Waals surface area contributed by atoms with Gasteiger partial charge in [-0.3, -0.25) is 19.0 Å². The SMILES string of the molecule is [C-]#[N+]c1cc(Cl)cc(Oc2c(C(F)(F)F)ncn(CC3=CC(=O)C(=O)N=N3)c2=O)c1. The summed E-state index contributed by atoms with van der Waals surface area (Å²) in [7, 11) is 0. The van der Waals surface area contributed by atoms with Gasteiger partial charge >= 0.3 is 12.1 Å². The summed E-state index contributed by atoms with van der Waals surface area (Å²) in [6.45, 7) is 6.49. The molecule has 0 N–H and O–H groups in total. The van der Waals surface area contributed by atoms with E-state index in [1.165, 1.54) is 6.07 Å². The van der Waals surface area contributed by atoms with E-state index in [1.54, 1.807) is 0 Å². The zero-order valence-corrected chi connectivity index (χ0v) is 15.2. The van der Waals surface area contributed by atoms with E-state index in [2.05, 4.69) is 20.1 Å². The monoisotopic (exact) mass is 437 g/mol. The van der Waals surface area contributed by atoms with Gasteiger partial charge in [0.15, 0.2) is 11.4 Å². The number of carbonyl (C=O) groups is 2. The molecule has 3 rings (SSSR count). The minimum absolute atomic E-state index is 0.00669. The standard InChI is InChI=1S/C17H7ClF3N5O4/c1-22-9-2-8(18)3-11(4-9)30-13-14(17(19,20)21)23-7-26(16(13)29)6-10-5-12(27)15(28)25-24-10/h2-5,7H,6H2. The molecule has 30 heavy (non-hydrogen) atoms. The van der Waals surface area contributed by atoms with E-state index < -0.39 is 41.4 Å². The van der Waals surface area contributed by atoms with Crippen molar-refractivity contribution < 1.29 is 27.5 Å². The molecule has 0 radical (unpaired) electrons. The van der Waals surface area contributed by atoms with Crippen LogP contribution in [0.2, 0.25) is 5.02 Å². The van der Waals surface area contributed by atoms with Crippen molar-refractivity contribution >= 4 is 29.0 Å². The van der Waals surface area contributed by atoms with Crippen LogP contribution in [-0.4, -0.2) is 21.2 Å². The maximum Gasteiger partial charge on any atom is 0.437 e. The third-order valence-corrected chi connectivity index (χ3v) is 3.80. The molecule has 9 nitrogen and oxygen atoms in total. The van der Waals surface area contributed by atoms with Gasteiger partial charge in [0.1, 0.15) is 5.75 Å². The van der Waals surface area contributed by atoms with Crippen LogP contribution in [0.3, 0.4) is 0 Å². The molecule has 0 spiro atoms. The lowest BCUT2D eigenvalue weighted by molar-refractivity contribution is -0.142. The number of rotatable bonds is 4. The summed E-state index contributed by atoms with van der Waals surface area (Å²) in [6.07, 6.45) is -3.63. The topological polar surface area (TPSA) is 107 Å². The molecule has 1 aliphatic rings. The smallest absolute Gasteiger partial charge is 0.437 e. The minimum Gasteiger partial charge on any atom is -0.451 e. The van der Waals surface area contributed by atoms with Crippen molar-refractivity contribution in [3.8, 4) is 11.5 Å². The third-order valence-electron chi connectivity index (χ3n) is 3.58. The van der Waals surface area contributed by atoms with E-state index in [1.807, 2.05) is 0 Å². The fraction of sp³-hybridized carbons (Fsp3) is 0.118. The van der Waals surface area contributed by atoms with Gasteiger partial charge in [0.2, 0.25) is 11.5 Å². The number of hydrogen-bond acceptors (Lipinski definition) is 6. The molecule has 0 saturated heterocycles. The molecule has 0 fully saturated rings. The summed E-state index contributed by atoms with van der Waals surface area (Å²) in [5, 5.41) is 6.51. The molecule has 0 bridgehead atoms. The Morgan fingerprint density at radius 1 is 1.17 bits per heavy atom. The third kappa shape index (κ3) is 4.41. The number of alkyl halides is 3. The average molecular weight is 438 g/mol. The number of halogens is 4. The highest BCUT2D eigenvalue weighted by Crippen LogP contribution is 2.36. The van der Waals surface area contributed by atoms with Crippen molar-refractivity contribution in [2.24, 2.45) is 10.2 Å². The number of ketones is 1. The van der Waals surface area contributed by atoms with Crippen molar-refractivity contribution in [3.05, 3.63) is 68.8 Å². The molecular weight excluding hydrogens is 431 g/mol. The van der Waals surface area contributed by atoms with Crippen LogP contribution in [-0.2, 0) is 22.3 Å². The van der Waals surface area contributed by atoms with Crippen molar-refractivity contribution in [1.82, 2.24) is 9.55 Å². The molecule has 13 heteroatoms. The van der Waals surface area contributed by atoms with Gasteiger partial charge in [-0.15, -0.1) is 10.2 Å². The highest BCUT2D eigenvalue weighted by Gasteiger charge is 2.39. The van der Waals surface area contributed by atoms with Crippen molar-refractivity contribution in [1.29, 1.82) is 0 Å². The Kier molecular flexibility index (Phi) is 5.48. The van der Waals surface area contributed by atoms with E-state index >= 15 is 0 Å². The van der Waals surface area contributed by atoms with Crippen LogP contribution in [0.1, 0.15) is 5.69 Å². The number of amides is 1. The first-order valence-electron chi connectivity index (χ1n) is 7.81. The van der Waals surface area contributed by atoms with E-state index in [9.17, 15) is 27.6 Å². The van der Waals surface area contributed by atoms with Gasteiger partial charge in [-0.1, -0.05) is 11.6 Å². The van der Waals surface area contributed by atoms with Crippen molar-refractivity contribution in [2.45, 2.75) is 12.7 Å². The van der Waals surface area contributed by atoms with Crippen LogP contribution in [0.25, 0.3) is 4.85 Å². The lowest BCUT2D eigenvalue weighted by Crippen LogP contribution is -2.27. The van der Waals surface area contributed by atoms with Gasteiger partial charge in [-0.2, -0.15) is 13.2 Å². The molecule has 0 aliphatic carbocycles. The Morgan fingerprint density at radius 3 is 2.53 bits per heavy atom. The average Bonchev–Trinajstić information content (AvgIpc) is 2.66. The van der Waals surface area contributed by atoms with Crippen LogP contribution < -0.4 is 10.3 Å².